The molecule has 0 aromatic rings. The smallest absolute Gasteiger partial charge is 0.344 e. The highest BCUT2D eigenvalue weighted by Crippen LogP contribution is 2.38. The molecule has 1 rings (SSSR count). The van der Waals surface area contributed by atoms with Crippen molar-refractivity contribution in [3.05, 3.63) is 35.6 Å². The lowest BCUT2D eigenvalue weighted by molar-refractivity contribution is -0.208. The first-order chi connectivity index (χ1) is 14.7. The van der Waals surface area contributed by atoms with Crippen LogP contribution in [-0.2, 0) is 28.2 Å². The summed E-state index contributed by atoms with van der Waals surface area (Å²) >= 11 is 0. The molecule has 32 heavy (non-hydrogen) atoms. The van der Waals surface area contributed by atoms with E-state index >= 15 is 0 Å². The molecule has 0 bridgehead atoms. The summed E-state index contributed by atoms with van der Waals surface area (Å²) in [6.45, 7) is 18.5. The lowest BCUT2D eigenvalue weighted by Gasteiger charge is -2.38. The number of hydrogen-bond donors (Lipinski definition) is 0. The fraction of sp³-hybridized carbons (Fsp3) is 0.680. The Kier molecular flexibility index (Phi) is 10.4. The number of allylic oxidation sites excluding steroid dienone is 2. The van der Waals surface area contributed by atoms with Crippen molar-refractivity contribution in [1.82, 2.24) is 0 Å². The van der Waals surface area contributed by atoms with Gasteiger partial charge in [0.2, 0.25) is 5.79 Å². The summed E-state index contributed by atoms with van der Waals surface area (Å²) in [4.78, 5) is 24.0. The third-order valence-electron chi connectivity index (χ3n) is 5.56. The van der Waals surface area contributed by atoms with Crippen molar-refractivity contribution in [3.8, 4) is 0 Å². The van der Waals surface area contributed by atoms with Gasteiger partial charge >= 0.3 is 11.9 Å². The molecule has 6 nitrogen and oxygen atoms in total. The monoisotopic (exact) mass is 466 g/mol. The Morgan fingerprint density at radius 2 is 1.78 bits per heavy atom. The van der Waals surface area contributed by atoms with Gasteiger partial charge in [-0.25, -0.2) is 9.59 Å². The molecule has 0 amide bonds. The average molecular weight is 467 g/mol. The summed E-state index contributed by atoms with van der Waals surface area (Å²) in [6.07, 6.45) is 10.2. The highest BCUT2D eigenvalue weighted by atomic mass is 28.4. The van der Waals surface area contributed by atoms with Gasteiger partial charge in [0, 0.05) is 19.9 Å². The molecule has 0 N–H and O–H groups in total. The lowest BCUT2D eigenvalue weighted by atomic mass is 10.1. The van der Waals surface area contributed by atoms with Crippen LogP contribution in [-0.4, -0.2) is 38.8 Å². The Balaban J connectivity index is 2.82. The van der Waals surface area contributed by atoms with E-state index in [1.54, 1.807) is 20.8 Å². The van der Waals surface area contributed by atoms with Crippen LogP contribution >= 0.6 is 0 Å². The van der Waals surface area contributed by atoms with E-state index in [0.717, 1.165) is 25.7 Å². The molecule has 7 heteroatoms. The van der Waals surface area contributed by atoms with E-state index < -0.39 is 20.1 Å². The van der Waals surface area contributed by atoms with Crippen LogP contribution in [0, 0.1) is 0 Å². The second-order valence-electron chi connectivity index (χ2n) is 10.1. The maximum absolute atomic E-state index is 12.7. The molecule has 1 heterocycles. The Hall–Kier alpha value is -1.86. The van der Waals surface area contributed by atoms with Gasteiger partial charge in [0.1, 0.15) is 11.3 Å². The molecular weight excluding hydrogens is 424 g/mol. The molecular formula is C25H42O6Si. The van der Waals surface area contributed by atoms with E-state index in [9.17, 15) is 9.59 Å². The minimum absolute atomic E-state index is 0.0751. The largest absolute Gasteiger partial charge is 0.463 e. The van der Waals surface area contributed by atoms with Crippen molar-refractivity contribution >= 4 is 20.3 Å². The minimum atomic E-state index is -1.98. The molecule has 0 saturated carbocycles. The molecule has 0 spiro atoms. The summed E-state index contributed by atoms with van der Waals surface area (Å²) in [7, 11) is -1.98. The Morgan fingerprint density at radius 1 is 1.16 bits per heavy atom. The summed E-state index contributed by atoms with van der Waals surface area (Å²) in [5.41, 5.74) is 0.415. The summed E-state index contributed by atoms with van der Waals surface area (Å²) in [5, 5.41) is 0.0751. The SMILES string of the molecule is CCOC(=O)/C=C/CCCC/C=C1/OC(C)(C)OC(=O)/C1=C\C(C)O[Si](C)(C)C(C)(C)C. The topological polar surface area (TPSA) is 71.1 Å². The van der Waals surface area contributed by atoms with Gasteiger partial charge in [-0.3, -0.25) is 0 Å². The van der Waals surface area contributed by atoms with Gasteiger partial charge in [-0.1, -0.05) is 26.8 Å². The molecule has 0 radical (unpaired) electrons. The molecule has 0 aromatic carbocycles. The zero-order chi connectivity index (χ0) is 24.6. The predicted octanol–water partition coefficient (Wildman–Crippen LogP) is 6.20. The van der Waals surface area contributed by atoms with Crippen LogP contribution in [0.3, 0.4) is 0 Å². The molecule has 0 aliphatic carbocycles. The number of hydrogen-bond acceptors (Lipinski definition) is 6. The molecule has 1 aliphatic rings. The molecule has 0 aromatic heterocycles. The Labute approximate surface area is 195 Å². The first-order valence-electron chi connectivity index (χ1n) is 11.5. The zero-order valence-electron chi connectivity index (χ0n) is 21.4. The van der Waals surface area contributed by atoms with E-state index in [0.29, 0.717) is 17.9 Å². The van der Waals surface area contributed by atoms with E-state index in [1.165, 1.54) is 6.08 Å². The van der Waals surface area contributed by atoms with Crippen LogP contribution in [0.25, 0.3) is 0 Å². The normalized spacial score (nSPS) is 20.3. The predicted molar refractivity (Wildman–Crippen MR) is 129 cm³/mol. The maximum atomic E-state index is 12.7. The number of esters is 2. The van der Waals surface area contributed by atoms with E-state index in [-0.39, 0.29) is 17.1 Å². The van der Waals surface area contributed by atoms with E-state index in [4.69, 9.17) is 18.6 Å². The second-order valence-corrected chi connectivity index (χ2v) is 14.8. The Morgan fingerprint density at radius 3 is 2.38 bits per heavy atom. The molecule has 1 saturated heterocycles. The van der Waals surface area contributed by atoms with Crippen LogP contribution in [0.2, 0.25) is 18.1 Å². The maximum Gasteiger partial charge on any atom is 0.344 e. The second kappa shape index (κ2) is 11.8. The van der Waals surface area contributed by atoms with Gasteiger partial charge in [0.15, 0.2) is 8.32 Å². The number of unbranched alkanes of at least 4 members (excludes halogenated alkanes) is 3. The van der Waals surface area contributed by atoms with Crippen LogP contribution < -0.4 is 0 Å². The molecule has 1 atom stereocenters. The molecule has 1 unspecified atom stereocenters. The third kappa shape index (κ3) is 9.33. The van der Waals surface area contributed by atoms with Gasteiger partial charge in [-0.15, -0.1) is 0 Å². The van der Waals surface area contributed by atoms with Crippen molar-refractivity contribution in [3.63, 3.8) is 0 Å². The first kappa shape index (κ1) is 28.2. The van der Waals surface area contributed by atoms with Crippen LogP contribution in [0.1, 0.15) is 74.1 Å². The van der Waals surface area contributed by atoms with Crippen LogP contribution in [0.5, 0.6) is 0 Å². The van der Waals surface area contributed by atoms with Gasteiger partial charge in [0.05, 0.1) is 12.7 Å². The summed E-state index contributed by atoms with van der Waals surface area (Å²) in [6, 6.07) is 0. The first-order valence-corrected chi connectivity index (χ1v) is 14.4. The fourth-order valence-electron chi connectivity index (χ4n) is 2.94. The van der Waals surface area contributed by atoms with Crippen molar-refractivity contribution < 1.29 is 28.2 Å². The van der Waals surface area contributed by atoms with Crippen LogP contribution in [0.15, 0.2) is 35.6 Å². The van der Waals surface area contributed by atoms with Crippen LogP contribution in [0.4, 0.5) is 0 Å². The standard InChI is InChI=1S/C25H42O6Si/c1-10-28-22(26)17-15-13-11-12-14-16-21-20(23(27)30-25(6,7)29-21)18-19(2)31-32(8,9)24(3,4)5/h15-19H,10-14H2,1-9H3/b17-15+,20-18-,21-16+. The van der Waals surface area contributed by atoms with Crippen molar-refractivity contribution in [2.75, 3.05) is 6.61 Å². The Bertz CT molecular complexity index is 740. The number of rotatable bonds is 10. The number of carbonyl (C=O) groups excluding carboxylic acids is 2. The third-order valence-corrected chi connectivity index (χ3v) is 10.1. The molecule has 1 fully saturated rings. The quantitative estimate of drug-likeness (QED) is 0.165. The molecule has 1 aliphatic heterocycles. The van der Waals surface area contributed by atoms with Gasteiger partial charge < -0.3 is 18.6 Å². The van der Waals surface area contributed by atoms with Crippen molar-refractivity contribution in [1.29, 1.82) is 0 Å². The summed E-state index contributed by atoms with van der Waals surface area (Å²) in [5.74, 6) is -1.17. The number of cyclic esters (lactones) is 1. The highest BCUT2D eigenvalue weighted by Gasteiger charge is 2.40. The van der Waals surface area contributed by atoms with Crippen molar-refractivity contribution in [2.24, 2.45) is 0 Å². The van der Waals surface area contributed by atoms with Crippen molar-refractivity contribution in [2.45, 2.75) is 104 Å². The summed E-state index contributed by atoms with van der Waals surface area (Å²) < 4.78 is 22.7. The average Bonchev–Trinajstić information content (AvgIpc) is 2.62. The highest BCUT2D eigenvalue weighted by molar-refractivity contribution is 6.74. The fourth-order valence-corrected chi connectivity index (χ4v) is 4.29. The van der Waals surface area contributed by atoms with Gasteiger partial charge in [0.25, 0.3) is 0 Å². The minimum Gasteiger partial charge on any atom is -0.463 e. The van der Waals surface area contributed by atoms with Gasteiger partial charge in [-0.05, 0) is 69.8 Å². The van der Waals surface area contributed by atoms with Gasteiger partial charge in [-0.2, -0.15) is 0 Å². The zero-order valence-corrected chi connectivity index (χ0v) is 22.4. The lowest BCUT2D eigenvalue weighted by Crippen LogP contribution is -2.43. The number of ether oxygens (including phenoxy) is 3. The van der Waals surface area contributed by atoms with E-state index in [2.05, 4.69) is 33.9 Å². The van der Waals surface area contributed by atoms with E-state index in [1.807, 2.05) is 25.2 Å². The molecule has 182 valence electrons. The number of carbonyl (C=O) groups is 2.